The maximum absolute atomic E-state index is 10.8. The van der Waals surface area contributed by atoms with Gasteiger partial charge in [-0.1, -0.05) is 38.1 Å². The van der Waals surface area contributed by atoms with Crippen LogP contribution >= 0.6 is 0 Å². The Bertz CT molecular complexity index is 333. The molecule has 0 amide bonds. The Morgan fingerprint density at radius 1 is 1.18 bits per heavy atom. The van der Waals surface area contributed by atoms with Crippen molar-refractivity contribution in [1.29, 1.82) is 0 Å². The van der Waals surface area contributed by atoms with E-state index in [4.69, 9.17) is 5.11 Å². The molecule has 0 radical (unpaired) electrons. The largest absolute Gasteiger partial charge is 1.00 e. The fraction of sp³-hybridized carbons (Fsp3) is 0.462. The second kappa shape index (κ2) is 8.70. The predicted octanol–water partition coefficient (Wildman–Crippen LogP) is -0.747. The molecule has 0 saturated heterocycles. The molecule has 90 valence electrons. The molecule has 1 rings (SSSR count). The second-order valence-electron chi connectivity index (χ2n) is 4.40. The van der Waals surface area contributed by atoms with Crippen LogP contribution in [0.25, 0.3) is 0 Å². The minimum Gasteiger partial charge on any atom is -0.481 e. The number of aliphatic carboxylic acids is 1. The van der Waals surface area contributed by atoms with Crippen molar-refractivity contribution < 1.29 is 44.9 Å². The fourth-order valence-corrected chi connectivity index (χ4v) is 1.56. The molecule has 1 atom stereocenters. The number of carboxylic acids is 1. The zero-order chi connectivity index (χ0) is 11.4. The smallest absolute Gasteiger partial charge is 0.481 e. The molecular formula is C13H20NaO3+. The van der Waals surface area contributed by atoms with Gasteiger partial charge in [-0.25, -0.2) is 0 Å². The summed E-state index contributed by atoms with van der Waals surface area (Å²) in [5.74, 6) is -0.558. The second-order valence-corrected chi connectivity index (χ2v) is 4.40. The standard InChI is InChI=1S/C13H18O2.Na.H2O/c1-9(2)8-11-4-6-12(7-5-11)10(3)13(14)15;;/h4-7,9-10H,8H2,1-3H3,(H,14,15);;1H2/q;+1;. The van der Waals surface area contributed by atoms with Crippen molar-refractivity contribution in [3.05, 3.63) is 35.4 Å². The van der Waals surface area contributed by atoms with Crippen LogP contribution in [-0.4, -0.2) is 16.6 Å². The van der Waals surface area contributed by atoms with E-state index < -0.39 is 11.9 Å². The predicted molar refractivity (Wildman–Crippen MR) is 64.6 cm³/mol. The first-order valence-electron chi connectivity index (χ1n) is 5.32. The molecule has 1 aromatic rings. The van der Waals surface area contributed by atoms with Gasteiger partial charge in [-0.2, -0.15) is 0 Å². The maximum Gasteiger partial charge on any atom is 1.00 e. The van der Waals surface area contributed by atoms with Crippen molar-refractivity contribution in [2.45, 2.75) is 33.1 Å². The van der Waals surface area contributed by atoms with Crippen molar-refractivity contribution in [1.82, 2.24) is 0 Å². The molecule has 0 saturated carbocycles. The third kappa shape index (κ3) is 6.22. The molecule has 0 aliphatic rings. The van der Waals surface area contributed by atoms with Gasteiger partial charge in [0.2, 0.25) is 0 Å². The molecule has 0 aromatic heterocycles. The number of hydrogen-bond acceptors (Lipinski definition) is 1. The monoisotopic (exact) mass is 247 g/mol. The first-order valence-corrected chi connectivity index (χ1v) is 5.32. The maximum atomic E-state index is 10.8. The Morgan fingerprint density at radius 2 is 1.65 bits per heavy atom. The van der Waals surface area contributed by atoms with Gasteiger partial charge in [0.25, 0.3) is 0 Å². The number of hydrogen-bond donors (Lipinski definition) is 1. The Balaban J connectivity index is 0. The van der Waals surface area contributed by atoms with Crippen molar-refractivity contribution >= 4 is 5.97 Å². The molecule has 0 aliphatic carbocycles. The third-order valence-corrected chi connectivity index (χ3v) is 2.49. The van der Waals surface area contributed by atoms with Crippen LogP contribution in [0.15, 0.2) is 24.3 Å². The first kappa shape index (κ1) is 19.0. The van der Waals surface area contributed by atoms with Crippen LogP contribution in [-0.2, 0) is 11.2 Å². The van der Waals surface area contributed by atoms with E-state index >= 15 is 0 Å². The van der Waals surface area contributed by atoms with E-state index in [1.165, 1.54) is 5.56 Å². The molecule has 4 heteroatoms. The van der Waals surface area contributed by atoms with Gasteiger partial charge < -0.3 is 10.6 Å². The van der Waals surface area contributed by atoms with Gasteiger partial charge >= 0.3 is 35.5 Å². The van der Waals surface area contributed by atoms with Crippen molar-refractivity contribution in [3.63, 3.8) is 0 Å². The Hall–Kier alpha value is -0.350. The summed E-state index contributed by atoms with van der Waals surface area (Å²) in [4.78, 5) is 10.8. The van der Waals surface area contributed by atoms with E-state index in [0.29, 0.717) is 5.92 Å². The number of rotatable bonds is 4. The van der Waals surface area contributed by atoms with Crippen molar-refractivity contribution in [2.24, 2.45) is 5.92 Å². The quantitative estimate of drug-likeness (QED) is 0.711. The van der Waals surface area contributed by atoms with Gasteiger partial charge in [-0.15, -0.1) is 0 Å². The molecule has 3 nitrogen and oxygen atoms in total. The van der Waals surface area contributed by atoms with Gasteiger partial charge in [-0.05, 0) is 30.4 Å². The summed E-state index contributed by atoms with van der Waals surface area (Å²) in [5, 5.41) is 8.85. The minimum absolute atomic E-state index is 0. The molecule has 0 spiro atoms. The zero-order valence-corrected chi connectivity index (χ0v) is 13.0. The molecule has 0 heterocycles. The summed E-state index contributed by atoms with van der Waals surface area (Å²) < 4.78 is 0. The summed E-state index contributed by atoms with van der Waals surface area (Å²) in [5.41, 5.74) is 2.14. The van der Waals surface area contributed by atoms with Crippen LogP contribution in [0.5, 0.6) is 0 Å². The molecule has 17 heavy (non-hydrogen) atoms. The molecule has 0 fully saturated rings. The van der Waals surface area contributed by atoms with Crippen molar-refractivity contribution in [2.75, 3.05) is 0 Å². The normalized spacial score (nSPS) is 11.3. The van der Waals surface area contributed by atoms with E-state index in [1.54, 1.807) is 6.92 Å². The number of carbonyl (C=O) groups is 1. The number of carboxylic acid groups (broad SMARTS) is 1. The zero-order valence-electron chi connectivity index (χ0n) is 11.0. The topological polar surface area (TPSA) is 68.8 Å². The molecule has 1 aromatic carbocycles. The Labute approximate surface area is 125 Å². The summed E-state index contributed by atoms with van der Waals surface area (Å²) >= 11 is 0. The van der Waals surface area contributed by atoms with E-state index in [1.807, 2.05) is 24.3 Å². The van der Waals surface area contributed by atoms with E-state index in [2.05, 4.69) is 13.8 Å². The van der Waals surface area contributed by atoms with Crippen LogP contribution in [0, 0.1) is 5.92 Å². The minimum atomic E-state index is -0.772. The first-order chi connectivity index (χ1) is 7.00. The molecule has 1 unspecified atom stereocenters. The SMILES string of the molecule is CC(C)Cc1ccc(C(C)C(=O)O)cc1.O.[Na+]. The third-order valence-electron chi connectivity index (χ3n) is 2.49. The van der Waals surface area contributed by atoms with Crippen LogP contribution in [0.3, 0.4) is 0 Å². The van der Waals surface area contributed by atoms with E-state index in [0.717, 1.165) is 12.0 Å². The van der Waals surface area contributed by atoms with Gasteiger partial charge in [0.05, 0.1) is 5.92 Å². The van der Waals surface area contributed by atoms with Crippen molar-refractivity contribution in [3.8, 4) is 0 Å². The van der Waals surface area contributed by atoms with Gasteiger partial charge in [-0.3, -0.25) is 4.79 Å². The van der Waals surface area contributed by atoms with Gasteiger partial charge in [0.1, 0.15) is 0 Å². The van der Waals surface area contributed by atoms with Crippen LogP contribution in [0.1, 0.15) is 37.8 Å². The molecule has 0 aliphatic heterocycles. The van der Waals surface area contributed by atoms with Gasteiger partial charge in [0, 0.05) is 0 Å². The average Bonchev–Trinajstić information content (AvgIpc) is 2.17. The van der Waals surface area contributed by atoms with Crippen LogP contribution in [0.4, 0.5) is 0 Å². The Kier molecular flexibility index (Phi) is 9.72. The average molecular weight is 247 g/mol. The summed E-state index contributed by atoms with van der Waals surface area (Å²) in [6.45, 7) is 6.06. The summed E-state index contributed by atoms with van der Waals surface area (Å²) in [6.07, 6.45) is 1.04. The molecule has 3 N–H and O–H groups in total. The van der Waals surface area contributed by atoms with E-state index in [9.17, 15) is 4.79 Å². The summed E-state index contributed by atoms with van der Waals surface area (Å²) in [7, 11) is 0. The number of benzene rings is 1. The van der Waals surface area contributed by atoms with Crippen LogP contribution < -0.4 is 29.6 Å². The molecule has 0 bridgehead atoms. The van der Waals surface area contributed by atoms with Gasteiger partial charge in [0.15, 0.2) is 0 Å². The molecular weight excluding hydrogens is 227 g/mol. The fourth-order valence-electron chi connectivity index (χ4n) is 1.56. The van der Waals surface area contributed by atoms with E-state index in [-0.39, 0.29) is 35.0 Å². The summed E-state index contributed by atoms with van der Waals surface area (Å²) in [6, 6.07) is 7.87. The Morgan fingerprint density at radius 3 is 2.00 bits per heavy atom. The van der Waals surface area contributed by atoms with Crippen LogP contribution in [0.2, 0.25) is 0 Å².